The maximum atomic E-state index is 12.5. The Hall–Kier alpha value is -1.52. The highest BCUT2D eigenvalue weighted by Gasteiger charge is 2.38. The van der Waals surface area contributed by atoms with Gasteiger partial charge in [0.25, 0.3) is 0 Å². The molecule has 1 N–H and O–H groups in total. The monoisotopic (exact) mass is 244 g/mol. The molecule has 0 unspecified atom stereocenters. The molecule has 0 radical (unpaired) electrons. The third-order valence-corrected chi connectivity index (χ3v) is 2.37. The molecule has 1 rings (SSSR count). The van der Waals surface area contributed by atoms with Gasteiger partial charge in [0.15, 0.2) is 0 Å². The summed E-state index contributed by atoms with van der Waals surface area (Å²) in [6.45, 7) is 5.35. The number of rotatable bonds is 2. The van der Waals surface area contributed by atoms with Crippen molar-refractivity contribution in [2.75, 3.05) is 11.4 Å². The van der Waals surface area contributed by atoms with E-state index in [2.05, 4.69) is 0 Å². The topological polar surface area (TPSA) is 27.1 Å². The molecule has 0 bridgehead atoms. The summed E-state index contributed by atoms with van der Waals surface area (Å²) in [7, 11) is 0. The SMILES string of the molecule is CCN(C(=N)C(F)(F)F)c1cc(C)cc(C)c1. The van der Waals surface area contributed by atoms with Crippen LogP contribution in [0, 0.1) is 19.3 Å². The van der Waals surface area contributed by atoms with Gasteiger partial charge in [0.05, 0.1) is 0 Å². The summed E-state index contributed by atoms with van der Waals surface area (Å²) < 4.78 is 37.5. The van der Waals surface area contributed by atoms with Crippen LogP contribution in [0.25, 0.3) is 0 Å². The summed E-state index contributed by atoms with van der Waals surface area (Å²) in [6, 6.07) is 5.18. The van der Waals surface area contributed by atoms with E-state index in [-0.39, 0.29) is 6.54 Å². The molecule has 0 fully saturated rings. The van der Waals surface area contributed by atoms with E-state index in [0.717, 1.165) is 16.0 Å². The smallest absolute Gasteiger partial charge is 0.323 e. The van der Waals surface area contributed by atoms with Crippen LogP contribution in [-0.4, -0.2) is 18.6 Å². The van der Waals surface area contributed by atoms with Crippen LogP contribution >= 0.6 is 0 Å². The fraction of sp³-hybridized carbons (Fsp3) is 0.417. The van der Waals surface area contributed by atoms with Gasteiger partial charge in [0.2, 0.25) is 5.84 Å². The lowest BCUT2D eigenvalue weighted by molar-refractivity contribution is -0.0609. The molecular formula is C12H15F3N2. The average Bonchev–Trinajstić information content (AvgIpc) is 2.15. The predicted molar refractivity (Wildman–Crippen MR) is 62.7 cm³/mol. The number of hydrogen-bond acceptors (Lipinski definition) is 1. The molecule has 1 aromatic carbocycles. The third-order valence-electron chi connectivity index (χ3n) is 2.37. The number of benzene rings is 1. The van der Waals surface area contributed by atoms with Gasteiger partial charge in [-0.05, 0) is 44.0 Å². The van der Waals surface area contributed by atoms with Crippen LogP contribution in [0.4, 0.5) is 18.9 Å². The first kappa shape index (κ1) is 13.5. The zero-order valence-corrected chi connectivity index (χ0v) is 10.0. The highest BCUT2D eigenvalue weighted by molar-refractivity contribution is 5.99. The van der Waals surface area contributed by atoms with Crippen molar-refractivity contribution >= 4 is 11.5 Å². The van der Waals surface area contributed by atoms with Crippen molar-refractivity contribution in [3.05, 3.63) is 29.3 Å². The first-order valence-corrected chi connectivity index (χ1v) is 5.27. The van der Waals surface area contributed by atoms with Crippen molar-refractivity contribution in [1.29, 1.82) is 5.41 Å². The van der Waals surface area contributed by atoms with Gasteiger partial charge in [-0.15, -0.1) is 0 Å². The molecule has 0 spiro atoms. The lowest BCUT2D eigenvalue weighted by Crippen LogP contribution is -2.40. The number of nitrogens with zero attached hydrogens (tertiary/aromatic N) is 1. The van der Waals surface area contributed by atoms with Crippen molar-refractivity contribution < 1.29 is 13.2 Å². The van der Waals surface area contributed by atoms with E-state index in [4.69, 9.17) is 5.41 Å². The van der Waals surface area contributed by atoms with Crippen molar-refractivity contribution in [2.24, 2.45) is 0 Å². The van der Waals surface area contributed by atoms with E-state index in [1.165, 1.54) is 0 Å². The van der Waals surface area contributed by atoms with Crippen LogP contribution in [0.15, 0.2) is 18.2 Å². The largest absolute Gasteiger partial charge is 0.449 e. The number of aryl methyl sites for hydroxylation is 2. The van der Waals surface area contributed by atoms with Crippen molar-refractivity contribution in [2.45, 2.75) is 26.9 Å². The number of nitrogens with one attached hydrogen (secondary N) is 1. The number of alkyl halides is 3. The fourth-order valence-electron chi connectivity index (χ4n) is 1.73. The molecule has 0 saturated carbocycles. The van der Waals surface area contributed by atoms with Gasteiger partial charge in [-0.3, -0.25) is 5.41 Å². The van der Waals surface area contributed by atoms with Gasteiger partial charge in [-0.2, -0.15) is 13.2 Å². The second-order valence-electron chi connectivity index (χ2n) is 3.94. The molecule has 0 aliphatic carbocycles. The molecular weight excluding hydrogens is 229 g/mol. The Morgan fingerprint density at radius 1 is 1.18 bits per heavy atom. The predicted octanol–water partition coefficient (Wildman–Crippen LogP) is 3.67. The molecule has 94 valence electrons. The van der Waals surface area contributed by atoms with Gasteiger partial charge >= 0.3 is 6.18 Å². The third kappa shape index (κ3) is 3.22. The normalized spacial score (nSPS) is 11.4. The fourth-order valence-corrected chi connectivity index (χ4v) is 1.73. The minimum Gasteiger partial charge on any atom is -0.323 e. The van der Waals surface area contributed by atoms with Crippen molar-refractivity contribution in [3.8, 4) is 0 Å². The lowest BCUT2D eigenvalue weighted by atomic mass is 10.1. The van der Waals surface area contributed by atoms with Crippen molar-refractivity contribution in [1.82, 2.24) is 0 Å². The molecule has 0 aromatic heterocycles. The Morgan fingerprint density at radius 3 is 2.00 bits per heavy atom. The molecule has 0 heterocycles. The second kappa shape index (κ2) is 4.77. The molecule has 2 nitrogen and oxygen atoms in total. The Labute approximate surface area is 98.6 Å². The summed E-state index contributed by atoms with van der Waals surface area (Å²) in [5.41, 5.74) is 2.18. The molecule has 0 aliphatic heterocycles. The Balaban J connectivity index is 3.14. The summed E-state index contributed by atoms with van der Waals surface area (Å²) in [4.78, 5) is 0.958. The summed E-state index contributed by atoms with van der Waals surface area (Å²) >= 11 is 0. The van der Waals surface area contributed by atoms with Crippen LogP contribution in [0.5, 0.6) is 0 Å². The van der Waals surface area contributed by atoms with Crippen molar-refractivity contribution in [3.63, 3.8) is 0 Å². The molecule has 0 amide bonds. The average molecular weight is 244 g/mol. The Kier molecular flexibility index (Phi) is 3.80. The van der Waals surface area contributed by atoms with E-state index in [1.54, 1.807) is 19.1 Å². The minimum absolute atomic E-state index is 0.112. The zero-order valence-electron chi connectivity index (χ0n) is 10.0. The Morgan fingerprint density at radius 2 is 1.65 bits per heavy atom. The molecule has 17 heavy (non-hydrogen) atoms. The van der Waals surface area contributed by atoms with E-state index in [9.17, 15) is 13.2 Å². The van der Waals surface area contributed by atoms with E-state index in [0.29, 0.717) is 5.69 Å². The second-order valence-corrected chi connectivity index (χ2v) is 3.94. The number of amidine groups is 1. The first-order chi connectivity index (χ1) is 7.75. The van der Waals surface area contributed by atoms with E-state index >= 15 is 0 Å². The van der Waals surface area contributed by atoms with Crippen LogP contribution in [0.1, 0.15) is 18.1 Å². The van der Waals surface area contributed by atoms with E-state index < -0.39 is 12.0 Å². The van der Waals surface area contributed by atoms with Gasteiger partial charge in [0.1, 0.15) is 0 Å². The molecule has 0 atom stereocenters. The highest BCUT2D eigenvalue weighted by Crippen LogP contribution is 2.25. The number of hydrogen-bond donors (Lipinski definition) is 1. The number of anilines is 1. The summed E-state index contributed by atoms with van der Waals surface area (Å²) in [5, 5.41) is 7.18. The maximum Gasteiger partial charge on any atom is 0.449 e. The molecule has 5 heteroatoms. The van der Waals surface area contributed by atoms with Gasteiger partial charge < -0.3 is 4.90 Å². The number of halogens is 3. The molecule has 0 saturated heterocycles. The van der Waals surface area contributed by atoms with Gasteiger partial charge in [-0.1, -0.05) is 6.07 Å². The first-order valence-electron chi connectivity index (χ1n) is 5.27. The molecule has 1 aromatic rings. The van der Waals surface area contributed by atoms with Crippen LogP contribution in [-0.2, 0) is 0 Å². The summed E-state index contributed by atoms with van der Waals surface area (Å²) in [5.74, 6) is -1.33. The van der Waals surface area contributed by atoms with Crippen LogP contribution in [0.2, 0.25) is 0 Å². The standard InChI is InChI=1S/C12H15F3N2/c1-4-17(11(16)12(13,14)15)10-6-8(2)5-9(3)7-10/h5-7,16H,4H2,1-3H3. The highest BCUT2D eigenvalue weighted by atomic mass is 19.4. The molecule has 0 aliphatic rings. The summed E-state index contributed by atoms with van der Waals surface area (Å²) in [6.07, 6.45) is -4.62. The zero-order chi connectivity index (χ0) is 13.2. The lowest BCUT2D eigenvalue weighted by Gasteiger charge is -2.25. The van der Waals surface area contributed by atoms with Gasteiger partial charge in [0, 0.05) is 12.2 Å². The van der Waals surface area contributed by atoms with Crippen LogP contribution in [0.3, 0.4) is 0 Å². The van der Waals surface area contributed by atoms with Crippen LogP contribution < -0.4 is 4.90 Å². The van der Waals surface area contributed by atoms with Gasteiger partial charge in [-0.25, -0.2) is 0 Å². The quantitative estimate of drug-likeness (QED) is 0.623. The van der Waals surface area contributed by atoms with E-state index in [1.807, 2.05) is 19.9 Å². The Bertz CT molecular complexity index is 404. The maximum absolute atomic E-state index is 12.5. The minimum atomic E-state index is -4.62.